The summed E-state index contributed by atoms with van der Waals surface area (Å²) in [7, 11) is 0. The van der Waals surface area contributed by atoms with E-state index in [0.717, 1.165) is 103 Å². The van der Waals surface area contributed by atoms with Gasteiger partial charge < -0.3 is 4.74 Å². The predicted molar refractivity (Wildman–Crippen MR) is 180 cm³/mol. The maximum atomic E-state index is 13.9. The average molecular weight is 615 g/mol. The Bertz CT molecular complexity index is 886. The Labute approximate surface area is 268 Å². The van der Waals surface area contributed by atoms with Gasteiger partial charge in [0.15, 0.2) is 0 Å². The highest BCUT2D eigenvalue weighted by molar-refractivity contribution is 5.80. The quantitative estimate of drug-likeness (QED) is 0.0397. The summed E-state index contributed by atoms with van der Waals surface area (Å²) in [4.78, 5) is 49.8. The predicted octanol–water partition coefficient (Wildman–Crippen LogP) is 10.8. The molecule has 1 aliphatic rings. The maximum absolute atomic E-state index is 13.9. The van der Waals surface area contributed by atoms with Gasteiger partial charge in [0, 0.05) is 6.42 Å². The Hall–Kier alpha value is -2.63. The van der Waals surface area contributed by atoms with Crippen molar-refractivity contribution in [2.24, 2.45) is 5.41 Å². The molecule has 0 fully saturated rings. The van der Waals surface area contributed by atoms with Crippen molar-refractivity contribution < 1.29 is 28.9 Å². The maximum Gasteiger partial charge on any atom is 0.365 e. The van der Waals surface area contributed by atoms with Gasteiger partial charge in [-0.05, 0) is 111 Å². The fraction of sp³-hybridized carbons (Fsp3) is 0.711. The molecule has 0 radical (unpaired) electrons. The summed E-state index contributed by atoms with van der Waals surface area (Å²) in [6, 6.07) is 0. The topological polar surface area (TPSA) is 78.9 Å². The standard InChI is InChI=1S/C38H62O6/c1-4-7-10-13-16-20-25-30-35(39)42-34-29-24-19-18-23-28-33-38(34,32-27-22-15-12-9-6-3)37(41)44-43-36(40)31-26-21-17-14-11-8-5-2/h4-9,23,28,34H,10-22,24-27,29-33H2,1-3H3/b7-4+,8-5+,9-6+,28-23-. The van der Waals surface area contributed by atoms with E-state index in [1.165, 1.54) is 0 Å². The molecule has 0 spiro atoms. The monoisotopic (exact) mass is 614 g/mol. The van der Waals surface area contributed by atoms with Crippen molar-refractivity contribution in [1.29, 1.82) is 0 Å². The molecule has 44 heavy (non-hydrogen) atoms. The highest BCUT2D eigenvalue weighted by atomic mass is 17.2. The van der Waals surface area contributed by atoms with Crippen molar-refractivity contribution in [3.8, 4) is 0 Å². The third kappa shape index (κ3) is 18.2. The molecule has 6 heteroatoms. The lowest BCUT2D eigenvalue weighted by atomic mass is 9.73. The van der Waals surface area contributed by atoms with Gasteiger partial charge in [0.05, 0.1) is 6.42 Å². The molecular formula is C38H62O6. The highest BCUT2D eigenvalue weighted by Crippen LogP contribution is 2.41. The van der Waals surface area contributed by atoms with Gasteiger partial charge in [0.25, 0.3) is 0 Å². The van der Waals surface area contributed by atoms with Gasteiger partial charge in [-0.25, -0.2) is 19.4 Å². The first kappa shape index (κ1) is 39.4. The lowest BCUT2D eigenvalue weighted by Crippen LogP contribution is -2.46. The third-order valence-electron chi connectivity index (χ3n) is 8.45. The molecule has 0 aromatic carbocycles. The lowest BCUT2D eigenvalue weighted by Gasteiger charge is -2.36. The molecule has 0 heterocycles. The van der Waals surface area contributed by atoms with Crippen LogP contribution in [0.25, 0.3) is 0 Å². The number of esters is 1. The number of hydrogen-bond donors (Lipinski definition) is 0. The molecule has 0 aliphatic heterocycles. The largest absolute Gasteiger partial charge is 0.461 e. The second-order valence-corrected chi connectivity index (χ2v) is 12.1. The van der Waals surface area contributed by atoms with Crippen molar-refractivity contribution in [2.75, 3.05) is 0 Å². The molecule has 0 aromatic rings. The number of carbonyl (C=O) groups is 3. The average Bonchev–Trinajstić information content (AvgIpc) is 3.11. The van der Waals surface area contributed by atoms with Crippen molar-refractivity contribution in [3.05, 3.63) is 48.6 Å². The van der Waals surface area contributed by atoms with E-state index in [1.807, 2.05) is 26.8 Å². The molecule has 2 atom stereocenters. The van der Waals surface area contributed by atoms with E-state index in [1.54, 1.807) is 0 Å². The summed E-state index contributed by atoms with van der Waals surface area (Å²) in [5.74, 6) is -1.39. The first-order valence-electron chi connectivity index (χ1n) is 17.6. The lowest BCUT2D eigenvalue weighted by molar-refractivity contribution is -0.271. The van der Waals surface area contributed by atoms with Crippen LogP contribution >= 0.6 is 0 Å². The van der Waals surface area contributed by atoms with Crippen LogP contribution in [-0.4, -0.2) is 24.0 Å². The summed E-state index contributed by atoms with van der Waals surface area (Å²) >= 11 is 0. The van der Waals surface area contributed by atoms with E-state index in [2.05, 4.69) is 42.5 Å². The molecule has 0 bridgehead atoms. The first-order valence-corrected chi connectivity index (χ1v) is 17.6. The first-order chi connectivity index (χ1) is 21.5. The van der Waals surface area contributed by atoms with Gasteiger partial charge >= 0.3 is 17.9 Å². The summed E-state index contributed by atoms with van der Waals surface area (Å²) in [5, 5.41) is 0. The minimum Gasteiger partial charge on any atom is -0.461 e. The van der Waals surface area contributed by atoms with Crippen LogP contribution in [0.2, 0.25) is 0 Å². The van der Waals surface area contributed by atoms with E-state index < -0.39 is 23.5 Å². The van der Waals surface area contributed by atoms with Crippen LogP contribution in [0.1, 0.15) is 162 Å². The fourth-order valence-electron chi connectivity index (χ4n) is 5.74. The Kier molecular flexibility index (Phi) is 23.9. The van der Waals surface area contributed by atoms with Crippen LogP contribution in [0.3, 0.4) is 0 Å². The van der Waals surface area contributed by atoms with E-state index >= 15 is 0 Å². The second-order valence-electron chi connectivity index (χ2n) is 12.1. The summed E-state index contributed by atoms with van der Waals surface area (Å²) in [6.45, 7) is 6.06. The zero-order valence-corrected chi connectivity index (χ0v) is 28.2. The molecule has 0 saturated heterocycles. The fourth-order valence-corrected chi connectivity index (χ4v) is 5.74. The molecule has 0 saturated carbocycles. The number of hydrogen-bond acceptors (Lipinski definition) is 6. The van der Waals surface area contributed by atoms with Crippen LogP contribution in [-0.2, 0) is 28.9 Å². The Morgan fingerprint density at radius 3 is 1.80 bits per heavy atom. The summed E-state index contributed by atoms with van der Waals surface area (Å²) in [5.41, 5.74) is -1.09. The van der Waals surface area contributed by atoms with Gasteiger partial charge in [-0.1, -0.05) is 87.1 Å². The van der Waals surface area contributed by atoms with Crippen molar-refractivity contribution in [2.45, 2.75) is 168 Å². The number of unbranched alkanes of at least 4 members (excludes halogenated alkanes) is 11. The zero-order chi connectivity index (χ0) is 32.1. The molecule has 0 aromatic heterocycles. The van der Waals surface area contributed by atoms with Crippen LogP contribution in [0.5, 0.6) is 0 Å². The highest BCUT2D eigenvalue weighted by Gasteiger charge is 2.49. The van der Waals surface area contributed by atoms with Crippen molar-refractivity contribution in [3.63, 3.8) is 0 Å². The van der Waals surface area contributed by atoms with Gasteiger partial charge in [-0.15, -0.1) is 0 Å². The minimum absolute atomic E-state index is 0.210. The molecule has 250 valence electrons. The molecule has 0 N–H and O–H groups in total. The summed E-state index contributed by atoms with van der Waals surface area (Å²) in [6.07, 6.45) is 34.5. The minimum atomic E-state index is -1.09. The molecule has 6 nitrogen and oxygen atoms in total. The zero-order valence-electron chi connectivity index (χ0n) is 28.2. The van der Waals surface area contributed by atoms with Gasteiger partial charge in [0.1, 0.15) is 11.5 Å². The Morgan fingerprint density at radius 2 is 1.20 bits per heavy atom. The van der Waals surface area contributed by atoms with E-state index in [9.17, 15) is 14.4 Å². The number of allylic oxidation sites excluding steroid dienone is 8. The van der Waals surface area contributed by atoms with Crippen molar-refractivity contribution >= 4 is 17.9 Å². The SMILES string of the molecule is C/C=C/CCCCCCC(=O)OOC(=O)C1(CCCCC/C=C/C)C/C=C\CCCCC1OC(=O)CCCCCC/C=C/C. The third-order valence-corrected chi connectivity index (χ3v) is 8.45. The number of carbonyl (C=O) groups excluding carboxylic acids is 3. The molecule has 2 unspecified atom stereocenters. The van der Waals surface area contributed by atoms with Crippen LogP contribution in [0.15, 0.2) is 48.6 Å². The van der Waals surface area contributed by atoms with E-state index in [0.29, 0.717) is 32.1 Å². The molecular weight excluding hydrogens is 552 g/mol. The number of rotatable bonds is 22. The van der Waals surface area contributed by atoms with Crippen LogP contribution in [0, 0.1) is 5.41 Å². The van der Waals surface area contributed by atoms with Crippen LogP contribution in [0.4, 0.5) is 0 Å². The second kappa shape index (κ2) is 26.7. The Balaban J connectivity index is 2.91. The summed E-state index contributed by atoms with van der Waals surface area (Å²) < 4.78 is 6.15. The Morgan fingerprint density at radius 1 is 0.659 bits per heavy atom. The van der Waals surface area contributed by atoms with Gasteiger partial charge in [-0.3, -0.25) is 4.79 Å². The van der Waals surface area contributed by atoms with E-state index in [4.69, 9.17) is 14.5 Å². The molecule has 1 aliphatic carbocycles. The number of ether oxygens (including phenoxy) is 1. The molecule has 0 amide bonds. The normalized spacial score (nSPS) is 19.9. The van der Waals surface area contributed by atoms with Crippen molar-refractivity contribution in [1.82, 2.24) is 0 Å². The smallest absolute Gasteiger partial charge is 0.365 e. The van der Waals surface area contributed by atoms with Crippen LogP contribution < -0.4 is 0 Å². The van der Waals surface area contributed by atoms with E-state index in [-0.39, 0.29) is 12.4 Å². The molecule has 1 rings (SSSR count). The van der Waals surface area contributed by atoms with Gasteiger partial charge in [-0.2, -0.15) is 0 Å². The van der Waals surface area contributed by atoms with Gasteiger partial charge in [0.2, 0.25) is 0 Å².